The van der Waals surface area contributed by atoms with E-state index in [9.17, 15) is 10.1 Å². The molecule has 2 bridgehead atoms. The predicted octanol–water partition coefficient (Wildman–Crippen LogP) is 2.42. The van der Waals surface area contributed by atoms with Crippen LogP contribution in [0.15, 0.2) is 55.1 Å². The molecule has 0 radical (unpaired) electrons. The fraction of sp³-hybridized carbons (Fsp3) is 0.294. The van der Waals surface area contributed by atoms with Crippen molar-refractivity contribution < 1.29 is 4.79 Å². The van der Waals surface area contributed by atoms with Crippen molar-refractivity contribution in [2.75, 3.05) is 6.54 Å². The van der Waals surface area contributed by atoms with Crippen molar-refractivity contribution in [3.8, 4) is 6.07 Å². The lowest BCUT2D eigenvalue weighted by atomic mass is 9.81. The first-order valence-corrected chi connectivity index (χ1v) is 6.79. The van der Waals surface area contributed by atoms with Crippen LogP contribution in [0.5, 0.6) is 0 Å². The first kappa shape index (κ1) is 12.8. The van der Waals surface area contributed by atoms with Gasteiger partial charge in [0.05, 0.1) is 12.0 Å². The number of carbonyl (C=O) groups is 1. The fourth-order valence-electron chi connectivity index (χ4n) is 3.51. The largest absolute Gasteiger partial charge is 0.292 e. The second-order valence-corrected chi connectivity index (χ2v) is 5.32. The normalized spacial score (nSPS) is 32.0. The number of ketones is 1. The summed E-state index contributed by atoms with van der Waals surface area (Å²) in [4.78, 5) is 14.8. The van der Waals surface area contributed by atoms with E-state index < -0.39 is 5.54 Å². The highest BCUT2D eigenvalue weighted by atomic mass is 16.1. The van der Waals surface area contributed by atoms with E-state index >= 15 is 0 Å². The van der Waals surface area contributed by atoms with Gasteiger partial charge in [0.15, 0.2) is 5.78 Å². The molecule has 0 N–H and O–H groups in total. The van der Waals surface area contributed by atoms with Crippen LogP contribution >= 0.6 is 0 Å². The summed E-state index contributed by atoms with van der Waals surface area (Å²) in [6, 6.07) is 12.1. The second-order valence-electron chi connectivity index (χ2n) is 5.32. The molecule has 3 heteroatoms. The third-order valence-electron chi connectivity index (χ3n) is 4.37. The Morgan fingerprint density at radius 1 is 1.45 bits per heavy atom. The molecule has 3 rings (SSSR count). The summed E-state index contributed by atoms with van der Waals surface area (Å²) in [5.74, 6) is -0.0857. The zero-order chi connectivity index (χ0) is 14.2. The van der Waals surface area contributed by atoms with E-state index in [-0.39, 0.29) is 17.7 Å². The molecule has 1 aromatic carbocycles. The second kappa shape index (κ2) is 4.73. The number of nitriles is 1. The van der Waals surface area contributed by atoms with E-state index in [1.165, 1.54) is 0 Å². The van der Waals surface area contributed by atoms with Gasteiger partial charge >= 0.3 is 0 Å². The minimum Gasteiger partial charge on any atom is -0.292 e. The molecule has 0 saturated carbocycles. The van der Waals surface area contributed by atoms with Gasteiger partial charge in [-0.1, -0.05) is 42.5 Å². The molecule has 3 atom stereocenters. The molecule has 0 aliphatic carbocycles. The Kier molecular flexibility index (Phi) is 3.04. The van der Waals surface area contributed by atoms with E-state index in [1.54, 1.807) is 12.2 Å². The Balaban J connectivity index is 2.18. The fourth-order valence-corrected chi connectivity index (χ4v) is 3.51. The maximum absolute atomic E-state index is 12.6. The van der Waals surface area contributed by atoms with E-state index in [2.05, 4.69) is 17.5 Å². The highest BCUT2D eigenvalue weighted by Crippen LogP contribution is 2.48. The molecule has 3 nitrogen and oxygen atoms in total. The number of hydrogen-bond donors (Lipinski definition) is 0. The summed E-state index contributed by atoms with van der Waals surface area (Å²) in [5, 5.41) is 9.40. The minimum absolute atomic E-state index is 0.00379. The zero-order valence-corrected chi connectivity index (χ0v) is 11.2. The third kappa shape index (κ3) is 1.59. The number of nitrogens with zero attached hydrogens (tertiary/aromatic N) is 2. The van der Waals surface area contributed by atoms with Crippen LogP contribution in [0.1, 0.15) is 12.0 Å². The lowest BCUT2D eigenvalue weighted by molar-refractivity contribution is -0.126. The van der Waals surface area contributed by atoms with Crippen LogP contribution in [0.4, 0.5) is 0 Å². The highest BCUT2D eigenvalue weighted by Gasteiger charge is 2.57. The number of rotatable bonds is 3. The molecule has 1 saturated heterocycles. The van der Waals surface area contributed by atoms with Crippen molar-refractivity contribution >= 4 is 5.78 Å². The molecule has 0 amide bonds. The lowest BCUT2D eigenvalue weighted by Gasteiger charge is -2.40. The maximum Gasteiger partial charge on any atom is 0.180 e. The van der Waals surface area contributed by atoms with Gasteiger partial charge in [0.1, 0.15) is 5.54 Å². The maximum atomic E-state index is 12.6. The Bertz CT molecular complexity index is 614. The molecular formula is C17H16N2O. The average molecular weight is 264 g/mol. The van der Waals surface area contributed by atoms with E-state index in [0.29, 0.717) is 13.0 Å². The van der Waals surface area contributed by atoms with Gasteiger partial charge in [-0.2, -0.15) is 5.26 Å². The number of carbonyl (C=O) groups excluding carboxylic acids is 1. The average Bonchev–Trinajstić information content (AvgIpc) is 2.72. The van der Waals surface area contributed by atoms with Gasteiger partial charge in [-0.25, -0.2) is 0 Å². The van der Waals surface area contributed by atoms with Crippen molar-refractivity contribution in [3.05, 3.63) is 60.7 Å². The van der Waals surface area contributed by atoms with Gasteiger partial charge in [0.25, 0.3) is 0 Å². The predicted molar refractivity (Wildman–Crippen MR) is 76.7 cm³/mol. The van der Waals surface area contributed by atoms with Crippen LogP contribution in [0.3, 0.4) is 0 Å². The van der Waals surface area contributed by atoms with Crippen LogP contribution in [-0.2, 0) is 10.3 Å². The van der Waals surface area contributed by atoms with Crippen LogP contribution in [0.25, 0.3) is 0 Å². The monoisotopic (exact) mass is 264 g/mol. The van der Waals surface area contributed by atoms with Crippen LogP contribution in [0, 0.1) is 17.2 Å². The first-order chi connectivity index (χ1) is 9.74. The molecule has 20 heavy (non-hydrogen) atoms. The molecule has 1 fully saturated rings. The smallest absolute Gasteiger partial charge is 0.180 e. The quantitative estimate of drug-likeness (QED) is 0.787. The molecule has 0 spiro atoms. The SMILES string of the molecule is C=CCN1C2C=CC(=O)C1(c1ccccc1)CC2C#N. The summed E-state index contributed by atoms with van der Waals surface area (Å²) in [6.07, 6.45) is 5.87. The van der Waals surface area contributed by atoms with Gasteiger partial charge in [0, 0.05) is 12.6 Å². The van der Waals surface area contributed by atoms with Crippen molar-refractivity contribution in [3.63, 3.8) is 0 Å². The van der Waals surface area contributed by atoms with Crippen molar-refractivity contribution in [1.82, 2.24) is 4.90 Å². The van der Waals surface area contributed by atoms with Crippen molar-refractivity contribution in [2.24, 2.45) is 5.92 Å². The topological polar surface area (TPSA) is 44.1 Å². The Labute approximate surface area is 118 Å². The Morgan fingerprint density at radius 2 is 2.20 bits per heavy atom. The Morgan fingerprint density at radius 3 is 2.85 bits per heavy atom. The third-order valence-corrected chi connectivity index (χ3v) is 4.37. The van der Waals surface area contributed by atoms with Gasteiger partial charge in [-0.3, -0.25) is 9.69 Å². The van der Waals surface area contributed by atoms with E-state index in [4.69, 9.17) is 0 Å². The van der Waals surface area contributed by atoms with Crippen LogP contribution in [0.2, 0.25) is 0 Å². The van der Waals surface area contributed by atoms with Gasteiger partial charge in [-0.15, -0.1) is 6.58 Å². The first-order valence-electron chi connectivity index (χ1n) is 6.79. The molecule has 1 aromatic rings. The van der Waals surface area contributed by atoms with Crippen molar-refractivity contribution in [1.29, 1.82) is 5.26 Å². The van der Waals surface area contributed by atoms with Crippen LogP contribution in [-0.4, -0.2) is 23.3 Å². The van der Waals surface area contributed by atoms with Crippen LogP contribution < -0.4 is 0 Å². The summed E-state index contributed by atoms with van der Waals surface area (Å²) in [5.41, 5.74) is 0.272. The summed E-state index contributed by atoms with van der Waals surface area (Å²) in [7, 11) is 0. The molecule has 2 aliphatic heterocycles. The summed E-state index contributed by atoms with van der Waals surface area (Å²) >= 11 is 0. The summed E-state index contributed by atoms with van der Waals surface area (Å²) < 4.78 is 0. The van der Waals surface area contributed by atoms with E-state index in [1.807, 2.05) is 36.4 Å². The molecule has 0 aromatic heterocycles. The standard InChI is InChI=1S/C17H16N2O/c1-2-10-19-15-8-9-16(20)17(19,11-13(15)12-18)14-6-4-3-5-7-14/h2-9,13,15H,1,10-11H2. The van der Waals surface area contributed by atoms with Gasteiger partial charge in [-0.05, 0) is 18.1 Å². The highest BCUT2D eigenvalue weighted by molar-refractivity contribution is 6.00. The molecule has 2 aliphatic rings. The van der Waals surface area contributed by atoms with Gasteiger partial charge < -0.3 is 0 Å². The lowest BCUT2D eigenvalue weighted by Crippen LogP contribution is -2.52. The van der Waals surface area contributed by atoms with E-state index in [0.717, 1.165) is 5.56 Å². The van der Waals surface area contributed by atoms with Crippen molar-refractivity contribution in [2.45, 2.75) is 18.0 Å². The zero-order valence-electron chi connectivity index (χ0n) is 11.2. The molecule has 100 valence electrons. The van der Waals surface area contributed by atoms with Gasteiger partial charge in [0.2, 0.25) is 0 Å². The Hall–Kier alpha value is -2.18. The molecule has 2 heterocycles. The minimum atomic E-state index is -0.699. The summed E-state index contributed by atoms with van der Waals surface area (Å²) in [6.45, 7) is 4.40. The molecule has 3 unspecified atom stereocenters. The molecular weight excluding hydrogens is 248 g/mol. The number of benzene rings is 1. The number of hydrogen-bond acceptors (Lipinski definition) is 3. The number of fused-ring (bicyclic) bond motifs is 2.